The molecule has 4 heteroatoms. The van der Waals surface area contributed by atoms with Gasteiger partial charge in [-0.3, -0.25) is 9.69 Å². The first-order valence-electron chi connectivity index (χ1n) is 7.88. The summed E-state index contributed by atoms with van der Waals surface area (Å²) in [6.45, 7) is 5.06. The van der Waals surface area contributed by atoms with Crippen LogP contribution in [0, 0.1) is 5.92 Å². The maximum Gasteiger partial charge on any atom is 0.225 e. The van der Waals surface area contributed by atoms with Crippen molar-refractivity contribution in [3.05, 3.63) is 0 Å². The Kier molecular flexibility index (Phi) is 6.65. The van der Waals surface area contributed by atoms with Crippen LogP contribution in [0.1, 0.15) is 44.9 Å². The molecule has 3 nitrogen and oxygen atoms in total. The van der Waals surface area contributed by atoms with Crippen molar-refractivity contribution in [1.29, 1.82) is 0 Å². The zero-order chi connectivity index (χ0) is 13.5. The Morgan fingerprint density at radius 2 is 1.53 bits per heavy atom. The van der Waals surface area contributed by atoms with E-state index in [1.807, 2.05) is 0 Å². The first kappa shape index (κ1) is 15.3. The van der Waals surface area contributed by atoms with Crippen LogP contribution in [0.5, 0.6) is 0 Å². The van der Waals surface area contributed by atoms with Crippen LogP contribution in [-0.4, -0.2) is 53.8 Å². The van der Waals surface area contributed by atoms with Gasteiger partial charge in [-0.2, -0.15) is 0 Å². The highest BCUT2D eigenvalue weighted by Gasteiger charge is 2.27. The molecular weight excluding hydrogens is 304 g/mol. The van der Waals surface area contributed by atoms with E-state index < -0.39 is 0 Å². The molecule has 2 fully saturated rings. The second-order valence-corrected chi connectivity index (χ2v) is 6.69. The number of halogens is 1. The lowest BCUT2D eigenvalue weighted by Crippen LogP contribution is -2.50. The summed E-state index contributed by atoms with van der Waals surface area (Å²) >= 11 is 3.49. The molecular formula is C15H27BrN2O. The van der Waals surface area contributed by atoms with E-state index in [-0.39, 0.29) is 0 Å². The number of carbonyl (C=O) groups excluding carboxylic acids is 1. The Morgan fingerprint density at radius 3 is 2.11 bits per heavy atom. The summed E-state index contributed by atoms with van der Waals surface area (Å²) in [6, 6.07) is 0. The van der Waals surface area contributed by atoms with Crippen LogP contribution >= 0.6 is 15.9 Å². The fraction of sp³-hybridized carbons (Fsp3) is 0.933. The molecule has 2 aliphatic rings. The Hall–Kier alpha value is -0.0900. The zero-order valence-corrected chi connectivity index (χ0v) is 13.5. The van der Waals surface area contributed by atoms with E-state index >= 15 is 0 Å². The third kappa shape index (κ3) is 4.75. The number of carbonyl (C=O) groups is 1. The molecule has 110 valence electrons. The molecule has 2 rings (SSSR count). The molecule has 0 unspecified atom stereocenters. The van der Waals surface area contributed by atoms with E-state index in [2.05, 4.69) is 25.7 Å². The molecule has 0 atom stereocenters. The fourth-order valence-corrected chi connectivity index (χ4v) is 3.77. The smallest absolute Gasteiger partial charge is 0.225 e. The molecule has 1 amide bonds. The van der Waals surface area contributed by atoms with Crippen molar-refractivity contribution in [2.45, 2.75) is 44.9 Å². The third-order valence-corrected chi connectivity index (χ3v) is 4.89. The molecule has 1 aliphatic carbocycles. The van der Waals surface area contributed by atoms with Crippen molar-refractivity contribution >= 4 is 21.8 Å². The average Bonchev–Trinajstić information content (AvgIpc) is 2.39. The van der Waals surface area contributed by atoms with Gasteiger partial charge in [-0.25, -0.2) is 0 Å². The molecule has 1 saturated carbocycles. The van der Waals surface area contributed by atoms with Crippen molar-refractivity contribution in [3.8, 4) is 0 Å². The summed E-state index contributed by atoms with van der Waals surface area (Å²) < 4.78 is 0. The van der Waals surface area contributed by atoms with Gasteiger partial charge in [0.05, 0.1) is 0 Å². The highest BCUT2D eigenvalue weighted by Crippen LogP contribution is 2.24. The van der Waals surface area contributed by atoms with Crippen molar-refractivity contribution in [3.63, 3.8) is 0 Å². The lowest BCUT2D eigenvalue weighted by Gasteiger charge is -2.36. The van der Waals surface area contributed by atoms with Gasteiger partial charge in [0.25, 0.3) is 0 Å². The number of piperazine rings is 1. The topological polar surface area (TPSA) is 23.6 Å². The number of nitrogens with zero attached hydrogens (tertiary/aromatic N) is 2. The molecule has 19 heavy (non-hydrogen) atoms. The van der Waals surface area contributed by atoms with E-state index in [4.69, 9.17) is 0 Å². The second kappa shape index (κ2) is 8.25. The monoisotopic (exact) mass is 330 g/mol. The largest absolute Gasteiger partial charge is 0.340 e. The number of amides is 1. The zero-order valence-electron chi connectivity index (χ0n) is 12.0. The van der Waals surface area contributed by atoms with Crippen molar-refractivity contribution in [1.82, 2.24) is 9.80 Å². The first-order valence-corrected chi connectivity index (χ1v) is 9.00. The van der Waals surface area contributed by atoms with Crippen molar-refractivity contribution in [2.75, 3.05) is 38.1 Å². The summed E-state index contributed by atoms with van der Waals surface area (Å²) in [6.07, 6.45) is 8.76. The van der Waals surface area contributed by atoms with Gasteiger partial charge >= 0.3 is 0 Å². The maximum atomic E-state index is 12.6. The first-order chi connectivity index (χ1) is 9.31. The molecule has 0 spiro atoms. The number of hydrogen-bond acceptors (Lipinski definition) is 2. The summed E-state index contributed by atoms with van der Waals surface area (Å²) in [7, 11) is 0. The van der Waals surface area contributed by atoms with Gasteiger partial charge in [0.15, 0.2) is 0 Å². The van der Waals surface area contributed by atoms with E-state index in [1.165, 1.54) is 32.1 Å². The minimum atomic E-state index is 0.322. The molecule has 0 aromatic heterocycles. The minimum Gasteiger partial charge on any atom is -0.340 e. The van der Waals surface area contributed by atoms with Gasteiger partial charge in [-0.1, -0.05) is 48.0 Å². The lowest BCUT2D eigenvalue weighted by atomic mass is 9.90. The third-order valence-electron chi connectivity index (χ3n) is 4.54. The minimum absolute atomic E-state index is 0.322. The van der Waals surface area contributed by atoms with Gasteiger partial charge in [0, 0.05) is 44.0 Å². The Balaban J connectivity index is 1.79. The quantitative estimate of drug-likeness (QED) is 0.743. The lowest BCUT2D eigenvalue weighted by molar-refractivity contribution is -0.138. The maximum absolute atomic E-state index is 12.6. The molecule has 0 bridgehead atoms. The Bertz CT molecular complexity index is 269. The summed E-state index contributed by atoms with van der Waals surface area (Å²) in [5, 5.41) is 1.03. The van der Waals surface area contributed by atoms with Crippen molar-refractivity contribution in [2.24, 2.45) is 5.92 Å². The standard InChI is InChI=1S/C15H27BrN2O/c16-8-9-17-10-12-18(13-11-17)15(19)14-6-4-2-1-3-5-7-14/h14H,1-13H2. The highest BCUT2D eigenvalue weighted by molar-refractivity contribution is 9.09. The van der Waals surface area contributed by atoms with Gasteiger partial charge in [0.1, 0.15) is 0 Å². The molecule has 0 aromatic carbocycles. The van der Waals surface area contributed by atoms with E-state index in [1.54, 1.807) is 0 Å². The van der Waals surface area contributed by atoms with Crippen LogP contribution in [0.3, 0.4) is 0 Å². The highest BCUT2D eigenvalue weighted by atomic mass is 79.9. The molecule has 0 aromatic rings. The van der Waals surface area contributed by atoms with Gasteiger partial charge in [0.2, 0.25) is 5.91 Å². The Labute approximate surface area is 125 Å². The van der Waals surface area contributed by atoms with E-state index in [0.29, 0.717) is 11.8 Å². The molecule has 0 radical (unpaired) electrons. The fourth-order valence-electron chi connectivity index (χ4n) is 3.27. The van der Waals surface area contributed by atoms with Crippen molar-refractivity contribution < 1.29 is 4.79 Å². The van der Waals surface area contributed by atoms with Crippen LogP contribution in [0.15, 0.2) is 0 Å². The predicted molar refractivity (Wildman–Crippen MR) is 82.6 cm³/mol. The molecule has 1 heterocycles. The normalized spacial score (nSPS) is 23.9. The van der Waals surface area contributed by atoms with Gasteiger partial charge in [-0.05, 0) is 12.8 Å². The Morgan fingerprint density at radius 1 is 0.947 bits per heavy atom. The van der Waals surface area contributed by atoms with E-state index in [9.17, 15) is 4.79 Å². The second-order valence-electron chi connectivity index (χ2n) is 5.90. The summed E-state index contributed by atoms with van der Waals surface area (Å²) in [5.74, 6) is 0.767. The van der Waals surface area contributed by atoms with Crippen LogP contribution in [0.4, 0.5) is 0 Å². The average molecular weight is 331 g/mol. The van der Waals surface area contributed by atoms with Crippen LogP contribution < -0.4 is 0 Å². The predicted octanol–water partition coefficient (Wildman–Crippen LogP) is 2.89. The summed E-state index contributed by atoms with van der Waals surface area (Å²) in [4.78, 5) is 17.1. The van der Waals surface area contributed by atoms with Gasteiger partial charge < -0.3 is 4.90 Å². The van der Waals surface area contributed by atoms with Gasteiger partial charge in [-0.15, -0.1) is 0 Å². The molecule has 1 saturated heterocycles. The number of rotatable bonds is 3. The molecule has 1 aliphatic heterocycles. The molecule has 0 N–H and O–H groups in total. The van der Waals surface area contributed by atoms with Crippen LogP contribution in [0.25, 0.3) is 0 Å². The summed E-state index contributed by atoms with van der Waals surface area (Å²) in [5.41, 5.74) is 0. The van der Waals surface area contributed by atoms with E-state index in [0.717, 1.165) is 50.9 Å². The SMILES string of the molecule is O=C(C1CCCCCCC1)N1CCN(CCBr)CC1. The number of hydrogen-bond donors (Lipinski definition) is 0. The van der Waals surface area contributed by atoms with Crippen LogP contribution in [-0.2, 0) is 4.79 Å². The number of alkyl halides is 1. The van der Waals surface area contributed by atoms with Crippen LogP contribution in [0.2, 0.25) is 0 Å².